The van der Waals surface area contributed by atoms with Crippen molar-refractivity contribution in [3.05, 3.63) is 213 Å². The van der Waals surface area contributed by atoms with E-state index in [4.69, 9.17) is 9.97 Å². The lowest BCUT2D eigenvalue weighted by Gasteiger charge is -2.12. The predicted molar refractivity (Wildman–Crippen MR) is 240 cm³/mol. The van der Waals surface area contributed by atoms with Gasteiger partial charge in [0.25, 0.3) is 0 Å². The van der Waals surface area contributed by atoms with Crippen molar-refractivity contribution in [1.29, 1.82) is 0 Å². The number of fused-ring (bicyclic) bond motifs is 6. The van der Waals surface area contributed by atoms with Crippen LogP contribution in [0, 0.1) is 0 Å². The highest BCUT2D eigenvalue weighted by Crippen LogP contribution is 2.41. The molecule has 0 fully saturated rings. The Balaban J connectivity index is 1.12. The molecule has 10 rings (SSSR count). The minimum atomic E-state index is 0.933. The van der Waals surface area contributed by atoms with Crippen LogP contribution in [0.5, 0.6) is 0 Å². The molecule has 4 heteroatoms. The van der Waals surface area contributed by atoms with Crippen LogP contribution < -0.4 is 0 Å². The van der Waals surface area contributed by atoms with E-state index in [1.54, 1.807) is 6.08 Å². The van der Waals surface area contributed by atoms with Crippen LogP contribution in [0.3, 0.4) is 0 Å². The molecule has 0 amide bonds. The zero-order chi connectivity index (χ0) is 38.3. The van der Waals surface area contributed by atoms with Gasteiger partial charge >= 0.3 is 0 Å². The van der Waals surface area contributed by atoms with Crippen molar-refractivity contribution >= 4 is 49.3 Å². The van der Waals surface area contributed by atoms with E-state index in [1.807, 2.05) is 30.5 Å². The van der Waals surface area contributed by atoms with E-state index in [-0.39, 0.29) is 0 Å². The summed E-state index contributed by atoms with van der Waals surface area (Å²) in [4.78, 5) is 10.0. The number of hydrogen-bond acceptors (Lipinski definition) is 2. The van der Waals surface area contributed by atoms with Crippen molar-refractivity contribution in [3.63, 3.8) is 0 Å². The summed E-state index contributed by atoms with van der Waals surface area (Å²) < 4.78 is 4.68. The molecule has 0 aliphatic rings. The van der Waals surface area contributed by atoms with E-state index in [2.05, 4.69) is 186 Å². The van der Waals surface area contributed by atoms with Crippen LogP contribution in [0.2, 0.25) is 0 Å². The fourth-order valence-electron chi connectivity index (χ4n) is 8.21. The highest BCUT2D eigenvalue weighted by atomic mass is 15.0. The molecule has 270 valence electrons. The second kappa shape index (κ2) is 14.3. The van der Waals surface area contributed by atoms with Gasteiger partial charge in [-0.1, -0.05) is 134 Å². The summed E-state index contributed by atoms with van der Waals surface area (Å²) in [6.07, 6.45) is 9.68. The quantitative estimate of drug-likeness (QED) is 0.146. The Hall–Kier alpha value is -7.56. The Morgan fingerprint density at radius 3 is 2.07 bits per heavy atom. The number of allylic oxidation sites excluding steroid dienone is 5. The van der Waals surface area contributed by atoms with E-state index >= 15 is 0 Å². The van der Waals surface area contributed by atoms with E-state index in [9.17, 15) is 0 Å². The molecular formula is C53H38N4. The third-order valence-corrected chi connectivity index (χ3v) is 10.9. The molecule has 0 spiro atoms. The fraction of sp³-hybridized carbons (Fsp3) is 0.0189. The van der Waals surface area contributed by atoms with Gasteiger partial charge in [-0.3, -0.25) is 4.57 Å². The Morgan fingerprint density at radius 2 is 1.25 bits per heavy atom. The number of nitrogens with zero attached hydrogens (tertiary/aromatic N) is 4. The Kier molecular flexibility index (Phi) is 8.50. The second-order valence-corrected chi connectivity index (χ2v) is 14.3. The molecule has 4 nitrogen and oxygen atoms in total. The smallest absolute Gasteiger partial charge is 0.145 e. The van der Waals surface area contributed by atoms with Gasteiger partial charge in [0.2, 0.25) is 0 Å². The summed E-state index contributed by atoms with van der Waals surface area (Å²) in [6.45, 7) is 5.91. The molecule has 0 unspecified atom stereocenters. The van der Waals surface area contributed by atoms with Crippen molar-refractivity contribution in [2.45, 2.75) is 6.92 Å². The molecule has 0 aliphatic carbocycles. The van der Waals surface area contributed by atoms with Gasteiger partial charge in [-0.25, -0.2) is 9.97 Å². The molecule has 4 heterocycles. The van der Waals surface area contributed by atoms with Gasteiger partial charge in [-0.05, 0) is 101 Å². The minimum absolute atomic E-state index is 0.933. The maximum absolute atomic E-state index is 5.08. The molecule has 0 aliphatic heterocycles. The van der Waals surface area contributed by atoms with E-state index < -0.39 is 0 Å². The zero-order valence-corrected chi connectivity index (χ0v) is 31.5. The highest BCUT2D eigenvalue weighted by molar-refractivity contribution is 6.17. The zero-order valence-electron chi connectivity index (χ0n) is 31.5. The summed E-state index contributed by atoms with van der Waals surface area (Å²) in [6, 6.07) is 60.7. The monoisotopic (exact) mass is 730 g/mol. The molecule has 0 bridgehead atoms. The van der Waals surface area contributed by atoms with Crippen LogP contribution in [0.4, 0.5) is 0 Å². The van der Waals surface area contributed by atoms with Gasteiger partial charge in [-0.2, -0.15) is 0 Å². The number of hydrogen-bond donors (Lipinski definition) is 0. The predicted octanol–water partition coefficient (Wildman–Crippen LogP) is 13.8. The molecule has 57 heavy (non-hydrogen) atoms. The molecule has 6 aromatic carbocycles. The van der Waals surface area contributed by atoms with Gasteiger partial charge in [0.1, 0.15) is 5.65 Å². The van der Waals surface area contributed by atoms with Gasteiger partial charge in [0.05, 0.1) is 27.9 Å². The van der Waals surface area contributed by atoms with E-state index in [0.29, 0.717) is 0 Å². The topological polar surface area (TPSA) is 35.6 Å². The summed E-state index contributed by atoms with van der Waals surface area (Å²) in [5, 5.41) is 4.78. The standard InChI is InChI=1S/C53H38N4/c1-3-4-7-16-36(2)47-33-40(34-48(55-47)38-17-8-5-9-18-38)37-26-29-42(30-27-37)57-51-35-39(28-31-44(51)45-23-15-32-54-53(45)57)43-22-14-25-50-52(43)46-21-12-13-24-49(46)56(50)41-19-10-6-11-20-41/h3-35H,1H2,2H3/b7-4-,36-16+. The van der Waals surface area contributed by atoms with Gasteiger partial charge in [0, 0.05) is 44.7 Å². The average Bonchev–Trinajstić information content (AvgIpc) is 3.80. The van der Waals surface area contributed by atoms with Crippen LogP contribution in [0.25, 0.3) is 94.2 Å². The first-order chi connectivity index (χ1) is 28.2. The van der Waals surface area contributed by atoms with Crippen LogP contribution in [-0.2, 0) is 0 Å². The molecule has 4 aromatic heterocycles. The third kappa shape index (κ3) is 5.96. The van der Waals surface area contributed by atoms with Crippen LogP contribution >= 0.6 is 0 Å². The SMILES string of the molecule is C=C/C=C\C=C(/C)c1cc(-c2ccc(-n3c4cc(-c5cccc6c5c5ccccc5n6-c5ccccc5)ccc4c4cccnc43)cc2)cc(-c2ccccc2)n1. The third-order valence-electron chi connectivity index (χ3n) is 10.9. The largest absolute Gasteiger partial charge is 0.309 e. The number of para-hydroxylation sites is 2. The lowest BCUT2D eigenvalue weighted by molar-refractivity contribution is 1.14. The molecular weight excluding hydrogens is 693 g/mol. The Labute approximate surface area is 331 Å². The van der Waals surface area contributed by atoms with Crippen LogP contribution in [-0.4, -0.2) is 19.1 Å². The number of pyridine rings is 2. The molecule has 0 saturated heterocycles. The van der Waals surface area contributed by atoms with Crippen LogP contribution in [0.15, 0.2) is 207 Å². The fourth-order valence-corrected chi connectivity index (χ4v) is 8.21. The summed E-state index contributed by atoms with van der Waals surface area (Å²) >= 11 is 0. The first-order valence-electron chi connectivity index (χ1n) is 19.3. The van der Waals surface area contributed by atoms with Crippen molar-refractivity contribution in [1.82, 2.24) is 19.1 Å². The van der Waals surface area contributed by atoms with Gasteiger partial charge in [-0.15, -0.1) is 0 Å². The number of aromatic nitrogens is 4. The van der Waals surface area contributed by atoms with Crippen LogP contribution in [0.1, 0.15) is 12.6 Å². The average molecular weight is 731 g/mol. The first-order valence-corrected chi connectivity index (χ1v) is 19.3. The highest BCUT2D eigenvalue weighted by Gasteiger charge is 2.19. The second-order valence-electron chi connectivity index (χ2n) is 14.3. The maximum Gasteiger partial charge on any atom is 0.145 e. The van der Waals surface area contributed by atoms with Crippen molar-refractivity contribution in [3.8, 4) is 44.9 Å². The minimum Gasteiger partial charge on any atom is -0.309 e. The molecule has 0 radical (unpaired) electrons. The molecule has 0 N–H and O–H groups in total. The normalized spacial score (nSPS) is 12.1. The lowest BCUT2D eigenvalue weighted by Crippen LogP contribution is -1.96. The molecule has 0 atom stereocenters. The van der Waals surface area contributed by atoms with Gasteiger partial charge in [0.15, 0.2) is 0 Å². The number of rotatable bonds is 8. The first kappa shape index (κ1) is 34.0. The molecule has 10 aromatic rings. The maximum atomic E-state index is 5.08. The summed E-state index contributed by atoms with van der Waals surface area (Å²) in [5.41, 5.74) is 15.3. The Bertz CT molecular complexity index is 3180. The van der Waals surface area contributed by atoms with Crippen molar-refractivity contribution in [2.24, 2.45) is 0 Å². The van der Waals surface area contributed by atoms with Crippen molar-refractivity contribution in [2.75, 3.05) is 0 Å². The van der Waals surface area contributed by atoms with Crippen molar-refractivity contribution < 1.29 is 0 Å². The van der Waals surface area contributed by atoms with Gasteiger partial charge < -0.3 is 4.57 Å². The number of benzene rings is 6. The summed E-state index contributed by atoms with van der Waals surface area (Å²) in [5.74, 6) is 0. The van der Waals surface area contributed by atoms with E-state index in [0.717, 1.165) is 67.1 Å². The molecule has 0 saturated carbocycles. The lowest BCUT2D eigenvalue weighted by atomic mass is 9.98. The summed E-state index contributed by atoms with van der Waals surface area (Å²) in [7, 11) is 0. The Morgan fingerprint density at radius 1 is 0.526 bits per heavy atom. The van der Waals surface area contributed by atoms with E-state index in [1.165, 1.54) is 32.8 Å².